The molecule has 0 amide bonds. The molecule has 0 fully saturated rings. The summed E-state index contributed by atoms with van der Waals surface area (Å²) in [6.07, 6.45) is 3.38. The minimum absolute atomic E-state index is 0.943. The van der Waals surface area contributed by atoms with Crippen LogP contribution in [0.4, 0.5) is 0 Å². The van der Waals surface area contributed by atoms with Crippen LogP contribution < -0.4 is 0 Å². The summed E-state index contributed by atoms with van der Waals surface area (Å²) in [5.74, 6) is 0. The van der Waals surface area contributed by atoms with Gasteiger partial charge < -0.3 is 0 Å². The molecule has 0 bridgehead atoms. The highest BCUT2D eigenvalue weighted by atomic mass is 79.9. The summed E-state index contributed by atoms with van der Waals surface area (Å²) in [6.45, 7) is 6.81. The Bertz CT molecular complexity index is 290. The third-order valence-electron chi connectivity index (χ3n) is 3.65. The molecule has 0 unspecified atom stereocenters. The van der Waals surface area contributed by atoms with Gasteiger partial charge in [-0.25, -0.2) is 0 Å². The van der Waals surface area contributed by atoms with Crippen LogP contribution in [0, 0.1) is 0 Å². The van der Waals surface area contributed by atoms with E-state index in [1.54, 1.807) is 16.7 Å². The fourth-order valence-electron chi connectivity index (χ4n) is 2.86. The number of benzene rings is 1. The molecule has 0 radical (unpaired) electrons. The van der Waals surface area contributed by atoms with Crippen LogP contribution in [-0.4, -0.2) is 0 Å². The van der Waals surface area contributed by atoms with E-state index in [1.165, 1.54) is 16.7 Å². The van der Waals surface area contributed by atoms with Gasteiger partial charge in [0.05, 0.1) is 0 Å². The molecule has 1 aromatic rings. The molecule has 0 aliphatic carbocycles. The van der Waals surface area contributed by atoms with Crippen molar-refractivity contribution in [2.24, 2.45) is 0 Å². The zero-order valence-electron chi connectivity index (χ0n) is 11.4. The Balaban J connectivity index is 3.71. The Morgan fingerprint density at radius 3 is 0.944 bits per heavy atom. The largest absolute Gasteiger partial charge is 0.0876 e. The second-order valence-electron chi connectivity index (χ2n) is 4.33. The van der Waals surface area contributed by atoms with Gasteiger partial charge in [-0.3, -0.25) is 0 Å². The highest BCUT2D eigenvalue weighted by Crippen LogP contribution is 2.34. The quantitative estimate of drug-likeness (QED) is 0.472. The summed E-state index contributed by atoms with van der Waals surface area (Å²) >= 11 is 11.0. The molecule has 1 aromatic carbocycles. The topological polar surface area (TPSA) is 0 Å². The van der Waals surface area contributed by atoms with Gasteiger partial charge in [-0.05, 0) is 52.6 Å². The van der Waals surface area contributed by atoms with Crippen molar-refractivity contribution in [3.05, 3.63) is 33.4 Å². The van der Waals surface area contributed by atoms with E-state index in [4.69, 9.17) is 0 Å². The van der Waals surface area contributed by atoms with Gasteiger partial charge >= 0.3 is 0 Å². The van der Waals surface area contributed by atoms with E-state index in [0.29, 0.717) is 0 Å². The minimum Gasteiger partial charge on any atom is -0.0876 e. The summed E-state index contributed by atoms with van der Waals surface area (Å²) in [5, 5.41) is 2.85. The molecule has 1 rings (SSSR count). The molecule has 0 heterocycles. The summed E-state index contributed by atoms with van der Waals surface area (Å²) in [7, 11) is 0. The lowest BCUT2D eigenvalue weighted by atomic mass is 9.85. The third kappa shape index (κ3) is 3.04. The maximum atomic E-state index is 3.68. The normalized spacial score (nSPS) is 11.0. The molecule has 0 atom stereocenters. The minimum atomic E-state index is 0.943. The predicted octanol–water partition coefficient (Wildman–Crippen LogP) is 6.06. The Labute approximate surface area is 136 Å². The molecule has 0 aliphatic heterocycles. The van der Waals surface area contributed by atoms with Crippen LogP contribution in [0.15, 0.2) is 0 Å². The average Bonchev–Trinajstić information content (AvgIpc) is 2.43. The van der Waals surface area contributed by atoms with Crippen molar-refractivity contribution < 1.29 is 0 Å². The molecule has 0 saturated heterocycles. The summed E-state index contributed by atoms with van der Waals surface area (Å²) in [4.78, 5) is 0. The third-order valence-corrected chi connectivity index (χ3v) is 5.33. The Morgan fingerprint density at radius 1 is 0.500 bits per heavy atom. The van der Waals surface area contributed by atoms with E-state index in [0.717, 1.165) is 35.3 Å². The Kier molecular flexibility index (Phi) is 7.48. The van der Waals surface area contributed by atoms with Crippen LogP contribution in [0.25, 0.3) is 0 Å². The molecule has 0 nitrogen and oxygen atoms in total. The van der Waals surface area contributed by atoms with Crippen molar-refractivity contribution in [3.8, 4) is 0 Å². The molecular weight excluding hydrogens is 420 g/mol. The molecule has 102 valence electrons. The second kappa shape index (κ2) is 8.06. The number of rotatable bonds is 6. The number of halogens is 3. The van der Waals surface area contributed by atoms with E-state index in [-0.39, 0.29) is 0 Å². The van der Waals surface area contributed by atoms with Crippen LogP contribution in [0.2, 0.25) is 0 Å². The van der Waals surface area contributed by atoms with Crippen LogP contribution >= 0.6 is 47.8 Å². The SMILES string of the molecule is CCc1c(CC)c(CBr)c(CBr)c(CBr)c1CC. The van der Waals surface area contributed by atoms with Gasteiger partial charge in [-0.1, -0.05) is 68.6 Å². The number of hydrogen-bond donors (Lipinski definition) is 0. The molecule has 0 saturated carbocycles. The molecule has 0 aromatic heterocycles. The highest BCUT2D eigenvalue weighted by molar-refractivity contribution is 9.09. The molecule has 0 N–H and O–H groups in total. The van der Waals surface area contributed by atoms with Gasteiger partial charge in [-0.2, -0.15) is 0 Å². The number of hydrogen-bond acceptors (Lipinski definition) is 0. The van der Waals surface area contributed by atoms with Gasteiger partial charge in [0.15, 0.2) is 0 Å². The molecular formula is C15H21Br3. The van der Waals surface area contributed by atoms with E-state index in [2.05, 4.69) is 68.6 Å². The molecule has 3 heteroatoms. The van der Waals surface area contributed by atoms with E-state index in [1.807, 2.05) is 0 Å². The Morgan fingerprint density at radius 2 is 0.722 bits per heavy atom. The first-order valence-corrected chi connectivity index (χ1v) is 9.91. The monoisotopic (exact) mass is 438 g/mol. The zero-order chi connectivity index (χ0) is 13.7. The highest BCUT2D eigenvalue weighted by Gasteiger charge is 2.19. The van der Waals surface area contributed by atoms with Gasteiger partial charge in [0.25, 0.3) is 0 Å². The summed E-state index contributed by atoms with van der Waals surface area (Å²) in [6, 6.07) is 0. The van der Waals surface area contributed by atoms with Crippen molar-refractivity contribution in [3.63, 3.8) is 0 Å². The van der Waals surface area contributed by atoms with Crippen molar-refractivity contribution in [1.82, 2.24) is 0 Å². The lowest BCUT2D eigenvalue weighted by Gasteiger charge is -2.23. The molecule has 0 aliphatic rings. The van der Waals surface area contributed by atoms with Gasteiger partial charge in [0.1, 0.15) is 0 Å². The second-order valence-corrected chi connectivity index (χ2v) is 6.02. The first kappa shape index (κ1) is 16.7. The van der Waals surface area contributed by atoms with Crippen LogP contribution in [0.3, 0.4) is 0 Å². The maximum Gasteiger partial charge on any atom is 0.0289 e. The first-order chi connectivity index (χ1) is 8.69. The standard InChI is InChI=1S/C15H21Br3/c1-4-10-11(5-2)13(7-16)15(9-18)14(8-17)12(10)6-3/h4-9H2,1-3H3. The van der Waals surface area contributed by atoms with Gasteiger partial charge in [-0.15, -0.1) is 0 Å². The van der Waals surface area contributed by atoms with Gasteiger partial charge in [0.2, 0.25) is 0 Å². The Hall–Kier alpha value is 0.660. The smallest absolute Gasteiger partial charge is 0.0289 e. The van der Waals surface area contributed by atoms with Crippen LogP contribution in [-0.2, 0) is 35.3 Å². The van der Waals surface area contributed by atoms with Crippen molar-refractivity contribution in [2.75, 3.05) is 0 Å². The average molecular weight is 441 g/mol. The van der Waals surface area contributed by atoms with Crippen LogP contribution in [0.1, 0.15) is 54.2 Å². The fourth-order valence-corrected chi connectivity index (χ4v) is 4.89. The summed E-state index contributed by atoms with van der Waals surface area (Å²) < 4.78 is 0. The lowest BCUT2D eigenvalue weighted by Crippen LogP contribution is -2.10. The van der Waals surface area contributed by atoms with Crippen molar-refractivity contribution >= 4 is 47.8 Å². The van der Waals surface area contributed by atoms with E-state index < -0.39 is 0 Å². The van der Waals surface area contributed by atoms with E-state index >= 15 is 0 Å². The maximum absolute atomic E-state index is 3.68. The lowest BCUT2D eigenvalue weighted by molar-refractivity contribution is 0.938. The van der Waals surface area contributed by atoms with E-state index in [9.17, 15) is 0 Å². The zero-order valence-corrected chi connectivity index (χ0v) is 16.1. The first-order valence-electron chi connectivity index (χ1n) is 6.54. The van der Waals surface area contributed by atoms with Gasteiger partial charge in [0, 0.05) is 16.0 Å². The van der Waals surface area contributed by atoms with Crippen LogP contribution in [0.5, 0.6) is 0 Å². The predicted molar refractivity (Wildman–Crippen MR) is 92.5 cm³/mol. The number of alkyl halides is 3. The summed E-state index contributed by atoms with van der Waals surface area (Å²) in [5.41, 5.74) is 9.18. The molecule has 0 spiro atoms. The van der Waals surface area contributed by atoms with Crippen molar-refractivity contribution in [2.45, 2.75) is 56.0 Å². The fraction of sp³-hybridized carbons (Fsp3) is 0.600. The van der Waals surface area contributed by atoms with Crippen molar-refractivity contribution in [1.29, 1.82) is 0 Å². The molecule has 18 heavy (non-hydrogen) atoms.